The Kier molecular flexibility index (Phi) is 6.15. The van der Waals surface area contributed by atoms with E-state index in [0.717, 1.165) is 0 Å². The fraction of sp³-hybridized carbons (Fsp3) is 0.318. The number of fused-ring (bicyclic) bond motifs is 1. The minimum atomic E-state index is -1.64. The molecule has 0 aliphatic carbocycles. The van der Waals surface area contributed by atoms with Crippen LogP contribution in [0.4, 0.5) is 0 Å². The molecule has 0 spiro atoms. The van der Waals surface area contributed by atoms with E-state index in [-0.39, 0.29) is 34.0 Å². The number of benzene rings is 2. The van der Waals surface area contributed by atoms with Crippen LogP contribution in [0.25, 0.3) is 22.3 Å². The molecule has 2 heterocycles. The zero-order valence-electron chi connectivity index (χ0n) is 17.3. The summed E-state index contributed by atoms with van der Waals surface area (Å²) in [5.74, 6) is -0.500. The zero-order chi connectivity index (χ0) is 23.9. The first-order valence-corrected chi connectivity index (χ1v) is 9.89. The molecule has 4 rings (SSSR count). The fourth-order valence-corrected chi connectivity index (χ4v) is 3.58. The van der Waals surface area contributed by atoms with Gasteiger partial charge >= 0.3 is 0 Å². The monoisotopic (exact) mass is 462 g/mol. The van der Waals surface area contributed by atoms with Gasteiger partial charge in [-0.15, -0.1) is 0 Å². The van der Waals surface area contributed by atoms with Crippen LogP contribution in [0, 0.1) is 0 Å². The van der Waals surface area contributed by atoms with E-state index in [1.165, 1.54) is 43.5 Å². The number of phenols is 2. The highest BCUT2D eigenvalue weighted by atomic mass is 16.7. The maximum absolute atomic E-state index is 12.8. The first kappa shape index (κ1) is 22.8. The summed E-state index contributed by atoms with van der Waals surface area (Å²) in [6, 6.07) is 7.82. The van der Waals surface area contributed by atoms with Gasteiger partial charge in [0, 0.05) is 23.8 Å². The van der Waals surface area contributed by atoms with Gasteiger partial charge in [-0.05, 0) is 18.2 Å². The Morgan fingerprint density at radius 2 is 1.73 bits per heavy atom. The topological polar surface area (TPSA) is 179 Å². The predicted molar refractivity (Wildman–Crippen MR) is 112 cm³/mol. The molecule has 0 amide bonds. The second kappa shape index (κ2) is 8.89. The van der Waals surface area contributed by atoms with Crippen LogP contribution in [0.1, 0.15) is 0 Å². The molecule has 6 N–H and O–H groups in total. The van der Waals surface area contributed by atoms with Crippen LogP contribution in [0.3, 0.4) is 0 Å². The van der Waals surface area contributed by atoms with Gasteiger partial charge in [0.15, 0.2) is 16.9 Å². The van der Waals surface area contributed by atoms with Crippen molar-refractivity contribution >= 4 is 11.0 Å². The number of aliphatic hydroxyl groups is 4. The molecular weight excluding hydrogens is 440 g/mol. The van der Waals surface area contributed by atoms with Crippen LogP contribution < -0.4 is 14.9 Å². The smallest absolute Gasteiger partial charge is 0.229 e. The van der Waals surface area contributed by atoms with E-state index in [2.05, 4.69) is 0 Å². The largest absolute Gasteiger partial charge is 0.504 e. The zero-order valence-corrected chi connectivity index (χ0v) is 17.3. The first-order chi connectivity index (χ1) is 15.7. The van der Waals surface area contributed by atoms with Gasteiger partial charge < -0.3 is 49.3 Å². The summed E-state index contributed by atoms with van der Waals surface area (Å²) in [7, 11) is 1.33. The Hall–Kier alpha value is -3.35. The molecule has 0 saturated carbocycles. The fourth-order valence-electron chi connectivity index (χ4n) is 3.58. The van der Waals surface area contributed by atoms with Crippen molar-refractivity contribution in [3.63, 3.8) is 0 Å². The third kappa shape index (κ3) is 4.19. The molecule has 5 atom stereocenters. The molecule has 1 aromatic heterocycles. The van der Waals surface area contributed by atoms with Crippen molar-refractivity contribution in [2.24, 2.45) is 0 Å². The summed E-state index contributed by atoms with van der Waals surface area (Å²) in [5.41, 5.74) is -0.0809. The molecule has 11 heteroatoms. The van der Waals surface area contributed by atoms with Crippen LogP contribution in [0.5, 0.6) is 23.0 Å². The van der Waals surface area contributed by atoms with E-state index in [1.54, 1.807) is 0 Å². The lowest BCUT2D eigenvalue weighted by atomic mass is 9.99. The van der Waals surface area contributed by atoms with E-state index in [1.807, 2.05) is 0 Å². The number of aliphatic hydroxyl groups excluding tert-OH is 4. The normalized spacial score (nSPS) is 25.2. The number of methoxy groups -OCH3 is 1. The third-order valence-corrected chi connectivity index (χ3v) is 5.35. The summed E-state index contributed by atoms with van der Waals surface area (Å²) in [4.78, 5) is 12.8. The number of phenolic OH excluding ortho intramolecular Hbond substituents is 2. The average Bonchev–Trinajstić information content (AvgIpc) is 2.80. The molecule has 1 saturated heterocycles. The summed E-state index contributed by atoms with van der Waals surface area (Å²) in [6.45, 7) is -0.621. The quantitative estimate of drug-likeness (QED) is 0.282. The highest BCUT2D eigenvalue weighted by Gasteiger charge is 2.44. The van der Waals surface area contributed by atoms with E-state index >= 15 is 0 Å². The summed E-state index contributed by atoms with van der Waals surface area (Å²) in [5, 5.41) is 58.8. The molecule has 0 radical (unpaired) electrons. The molecule has 1 aliphatic rings. The average molecular weight is 462 g/mol. The number of ether oxygens (including phenoxy) is 3. The highest BCUT2D eigenvalue weighted by Crippen LogP contribution is 2.35. The maximum atomic E-state index is 12.8. The van der Waals surface area contributed by atoms with Crippen molar-refractivity contribution in [3.8, 4) is 34.3 Å². The lowest BCUT2D eigenvalue weighted by Crippen LogP contribution is -2.60. The molecule has 176 valence electrons. The van der Waals surface area contributed by atoms with E-state index in [4.69, 9.17) is 18.6 Å². The highest BCUT2D eigenvalue weighted by molar-refractivity contribution is 5.86. The number of aromatic hydroxyl groups is 2. The molecule has 3 aromatic rings. The van der Waals surface area contributed by atoms with Gasteiger partial charge in [0.25, 0.3) is 0 Å². The van der Waals surface area contributed by atoms with E-state index in [0.29, 0.717) is 5.56 Å². The Bertz CT molecular complexity index is 1220. The molecule has 0 unspecified atom stereocenters. The lowest BCUT2D eigenvalue weighted by molar-refractivity contribution is -0.277. The van der Waals surface area contributed by atoms with Gasteiger partial charge in [-0.25, -0.2) is 0 Å². The Labute approximate surface area is 186 Å². The van der Waals surface area contributed by atoms with Crippen molar-refractivity contribution in [2.45, 2.75) is 30.7 Å². The molecule has 0 bridgehead atoms. The van der Waals surface area contributed by atoms with Gasteiger partial charge in [-0.3, -0.25) is 4.79 Å². The number of rotatable bonds is 5. The minimum Gasteiger partial charge on any atom is -0.504 e. The SMILES string of the molecule is COc1cc(O[C@H]2O[C@H](CO)[C@H](O)[C@@H](O)[C@H]2O)cc2oc(-c3ccc(O)c(O)c3)cc(=O)c12. The maximum Gasteiger partial charge on any atom is 0.229 e. The van der Waals surface area contributed by atoms with E-state index in [9.17, 15) is 35.4 Å². The van der Waals surface area contributed by atoms with Crippen LogP contribution in [0.2, 0.25) is 0 Å². The molecule has 2 aromatic carbocycles. The molecule has 1 aliphatic heterocycles. The standard InChI is InChI=1S/C22H22O11/c1-30-15-5-10(31-22-21(29)20(28)19(27)17(8-23)33-22)6-16-18(15)13(26)7-14(32-16)9-2-3-11(24)12(25)4-9/h2-7,17,19-25,27-29H,8H2,1H3/t17-,19+,20-,21-,22+/m1/s1. The minimum absolute atomic E-state index is 0.0394. The summed E-state index contributed by atoms with van der Waals surface area (Å²) >= 11 is 0. The van der Waals surface area contributed by atoms with Crippen LogP contribution >= 0.6 is 0 Å². The Balaban J connectivity index is 1.75. The van der Waals surface area contributed by atoms with Crippen LogP contribution in [-0.4, -0.2) is 75.1 Å². The van der Waals surface area contributed by atoms with Crippen LogP contribution in [0.15, 0.2) is 45.6 Å². The summed E-state index contributed by atoms with van der Waals surface area (Å²) in [6.07, 6.45) is -7.43. The van der Waals surface area contributed by atoms with Gasteiger partial charge in [-0.2, -0.15) is 0 Å². The Morgan fingerprint density at radius 3 is 2.39 bits per heavy atom. The van der Waals surface area contributed by atoms with Crippen molar-refractivity contribution < 1.29 is 49.3 Å². The third-order valence-electron chi connectivity index (χ3n) is 5.35. The van der Waals surface area contributed by atoms with Crippen LogP contribution in [-0.2, 0) is 4.74 Å². The predicted octanol–water partition coefficient (Wildman–Crippen LogP) is 0.0585. The summed E-state index contributed by atoms with van der Waals surface area (Å²) < 4.78 is 22.1. The Morgan fingerprint density at radius 1 is 0.970 bits per heavy atom. The van der Waals surface area contributed by atoms with Gasteiger partial charge in [0.1, 0.15) is 52.6 Å². The van der Waals surface area contributed by atoms with Crippen molar-refractivity contribution in [1.82, 2.24) is 0 Å². The molecular formula is C22H22O11. The second-order valence-corrected chi connectivity index (χ2v) is 7.49. The molecule has 1 fully saturated rings. The van der Waals surface area contributed by atoms with Crippen molar-refractivity contribution in [1.29, 1.82) is 0 Å². The second-order valence-electron chi connectivity index (χ2n) is 7.49. The molecule has 11 nitrogen and oxygen atoms in total. The number of hydrogen-bond donors (Lipinski definition) is 6. The number of hydrogen-bond acceptors (Lipinski definition) is 11. The lowest BCUT2D eigenvalue weighted by Gasteiger charge is -2.39. The van der Waals surface area contributed by atoms with Gasteiger partial charge in [0.2, 0.25) is 6.29 Å². The first-order valence-electron chi connectivity index (χ1n) is 9.89. The van der Waals surface area contributed by atoms with Gasteiger partial charge in [0.05, 0.1) is 13.7 Å². The van der Waals surface area contributed by atoms with Crippen molar-refractivity contribution in [2.75, 3.05) is 13.7 Å². The van der Waals surface area contributed by atoms with E-state index < -0.39 is 48.5 Å². The van der Waals surface area contributed by atoms with Gasteiger partial charge in [-0.1, -0.05) is 0 Å². The molecule has 33 heavy (non-hydrogen) atoms. The van der Waals surface area contributed by atoms with Crippen molar-refractivity contribution in [3.05, 3.63) is 46.6 Å².